The number of anilines is 2. The van der Waals surface area contributed by atoms with Gasteiger partial charge >= 0.3 is 0 Å². The molecule has 0 heterocycles. The van der Waals surface area contributed by atoms with Crippen LogP contribution in [0.3, 0.4) is 0 Å². The lowest BCUT2D eigenvalue weighted by molar-refractivity contribution is -0.112. The maximum atomic E-state index is 10.1. The third-order valence-corrected chi connectivity index (χ3v) is 4.20. The van der Waals surface area contributed by atoms with Crippen molar-refractivity contribution in [2.45, 2.75) is 24.4 Å². The highest BCUT2D eigenvalue weighted by Crippen LogP contribution is 2.31. The van der Waals surface area contributed by atoms with Gasteiger partial charge in [-0.05, 0) is 24.3 Å². The van der Waals surface area contributed by atoms with E-state index in [1.807, 2.05) is 18.2 Å². The number of aliphatic hydroxyl groups is 5. The van der Waals surface area contributed by atoms with Gasteiger partial charge in [0, 0.05) is 25.3 Å². The maximum Gasteiger partial charge on any atom is 0.152 e. The molecule has 0 aliphatic carbocycles. The number of hydrogen-bond donors (Lipinski definition) is 6. The average molecular weight is 378 g/mol. The number of benzene rings is 2. The van der Waals surface area contributed by atoms with Crippen LogP contribution in [0, 0.1) is 0 Å². The van der Waals surface area contributed by atoms with Gasteiger partial charge < -0.3 is 40.9 Å². The predicted octanol–water partition coefficient (Wildman–Crippen LogP) is -0.0668. The van der Waals surface area contributed by atoms with Gasteiger partial charge in [0.25, 0.3) is 0 Å². The van der Waals surface area contributed by atoms with Crippen LogP contribution in [0.1, 0.15) is 0 Å². The van der Waals surface area contributed by atoms with E-state index in [1.165, 1.54) is 0 Å². The van der Waals surface area contributed by atoms with Gasteiger partial charge in [-0.2, -0.15) is 0 Å². The summed E-state index contributed by atoms with van der Waals surface area (Å²) < 4.78 is 5.77. The number of likely N-dealkylation sites (N-methyl/N-ethyl adjacent to an activating group) is 1. The van der Waals surface area contributed by atoms with E-state index in [4.69, 9.17) is 15.6 Å². The molecule has 8 nitrogen and oxygen atoms in total. The molecule has 27 heavy (non-hydrogen) atoms. The normalized spacial score (nSPS) is 15.6. The molecule has 0 amide bonds. The second kappa shape index (κ2) is 9.54. The van der Waals surface area contributed by atoms with E-state index in [0.717, 1.165) is 0 Å². The van der Waals surface area contributed by atoms with Crippen molar-refractivity contribution < 1.29 is 30.3 Å². The third-order valence-electron chi connectivity index (χ3n) is 4.20. The van der Waals surface area contributed by atoms with Gasteiger partial charge in [-0.25, -0.2) is 0 Å². The summed E-state index contributed by atoms with van der Waals surface area (Å²) in [6.45, 7) is -0.760. The van der Waals surface area contributed by atoms with Gasteiger partial charge in [0.05, 0.1) is 18.4 Å². The van der Waals surface area contributed by atoms with E-state index in [-0.39, 0.29) is 6.54 Å². The van der Waals surface area contributed by atoms with Gasteiger partial charge in [-0.15, -0.1) is 0 Å². The zero-order valence-electron chi connectivity index (χ0n) is 15.0. The molecule has 0 fully saturated rings. The quantitative estimate of drug-likeness (QED) is 0.333. The lowest BCUT2D eigenvalue weighted by atomic mass is 10.0. The van der Waals surface area contributed by atoms with E-state index in [1.54, 1.807) is 42.3 Å². The van der Waals surface area contributed by atoms with Crippen LogP contribution in [0.4, 0.5) is 11.4 Å². The molecule has 0 aromatic heterocycles. The fraction of sp³-hybridized carbons (Fsp3) is 0.368. The summed E-state index contributed by atoms with van der Waals surface area (Å²) in [5.74, 6) is 1.07. The molecular formula is C19H26N2O6. The van der Waals surface area contributed by atoms with Crippen LogP contribution in [0.2, 0.25) is 0 Å². The van der Waals surface area contributed by atoms with Crippen molar-refractivity contribution in [2.75, 3.05) is 30.8 Å². The summed E-state index contributed by atoms with van der Waals surface area (Å²) in [6.07, 6.45) is -6.19. The predicted molar refractivity (Wildman–Crippen MR) is 102 cm³/mol. The molecule has 148 valence electrons. The smallest absolute Gasteiger partial charge is 0.152 e. The topological polar surface area (TPSA) is 140 Å². The third kappa shape index (κ3) is 5.56. The molecule has 0 saturated carbocycles. The van der Waals surface area contributed by atoms with Crippen LogP contribution < -0.4 is 15.4 Å². The highest BCUT2D eigenvalue weighted by Gasteiger charge is 2.30. The molecular weight excluding hydrogens is 352 g/mol. The van der Waals surface area contributed by atoms with E-state index < -0.39 is 31.0 Å². The molecule has 0 bridgehead atoms. The number of nitrogens with zero attached hydrogens (tertiary/aromatic N) is 1. The summed E-state index contributed by atoms with van der Waals surface area (Å²) in [6, 6.07) is 14.2. The number of para-hydroxylation sites is 1. The van der Waals surface area contributed by atoms with Gasteiger partial charge in [0.2, 0.25) is 0 Å². The highest BCUT2D eigenvalue weighted by molar-refractivity contribution is 5.63. The number of aliphatic hydroxyl groups excluding tert-OH is 5. The van der Waals surface area contributed by atoms with Crippen LogP contribution >= 0.6 is 0 Å². The molecule has 0 aliphatic rings. The van der Waals surface area contributed by atoms with Gasteiger partial charge in [-0.1, -0.05) is 18.2 Å². The van der Waals surface area contributed by atoms with Gasteiger partial charge in [-0.3, -0.25) is 0 Å². The Hall–Kier alpha value is -2.36. The van der Waals surface area contributed by atoms with Gasteiger partial charge in [0.1, 0.15) is 24.1 Å². The minimum absolute atomic E-state index is 0.0366. The molecule has 2 aromatic carbocycles. The van der Waals surface area contributed by atoms with Crippen molar-refractivity contribution in [1.82, 2.24) is 0 Å². The highest BCUT2D eigenvalue weighted by atomic mass is 16.5. The van der Waals surface area contributed by atoms with Gasteiger partial charge in [0.15, 0.2) is 5.75 Å². The lowest BCUT2D eigenvalue weighted by Gasteiger charge is -2.29. The number of hydrogen-bond acceptors (Lipinski definition) is 8. The zero-order chi connectivity index (χ0) is 20.0. The Kier molecular flexibility index (Phi) is 7.40. The van der Waals surface area contributed by atoms with Crippen molar-refractivity contribution in [3.63, 3.8) is 0 Å². The number of rotatable bonds is 9. The molecule has 0 saturated heterocycles. The van der Waals surface area contributed by atoms with Crippen LogP contribution in [0.15, 0.2) is 48.5 Å². The Morgan fingerprint density at radius 3 is 2.22 bits per heavy atom. The van der Waals surface area contributed by atoms with E-state index >= 15 is 0 Å². The monoisotopic (exact) mass is 378 g/mol. The summed E-state index contributed by atoms with van der Waals surface area (Å²) in [4.78, 5) is 1.64. The Balaban J connectivity index is 2.07. The Labute approximate surface area is 157 Å². The van der Waals surface area contributed by atoms with Crippen LogP contribution in [0.5, 0.6) is 11.5 Å². The van der Waals surface area contributed by atoms with Crippen molar-refractivity contribution in [3.05, 3.63) is 48.5 Å². The number of nitrogens with two attached hydrogens (primary N) is 1. The Morgan fingerprint density at radius 1 is 0.963 bits per heavy atom. The minimum Gasteiger partial charge on any atom is -0.455 e. The fourth-order valence-corrected chi connectivity index (χ4v) is 2.52. The first-order valence-electron chi connectivity index (χ1n) is 8.50. The first-order chi connectivity index (χ1) is 12.8. The Morgan fingerprint density at radius 2 is 1.59 bits per heavy atom. The standard InChI is InChI=1S/C19H26N2O6/c1-21(10-15(23)18(25)19(26)16(24)11-22)12-7-8-14(20)17(9-12)27-13-5-3-2-4-6-13/h2-9,15-16,18-19,22-26H,10-11,20H2,1H3. The Bertz CT molecular complexity index is 715. The maximum absolute atomic E-state index is 10.1. The van der Waals surface area contributed by atoms with E-state index in [2.05, 4.69) is 0 Å². The summed E-state index contributed by atoms with van der Waals surface area (Å²) in [5, 5.41) is 48.0. The lowest BCUT2D eigenvalue weighted by Crippen LogP contribution is -2.49. The summed E-state index contributed by atoms with van der Waals surface area (Å²) in [7, 11) is 1.68. The second-order valence-electron chi connectivity index (χ2n) is 6.32. The summed E-state index contributed by atoms with van der Waals surface area (Å²) in [5.41, 5.74) is 7.07. The fourth-order valence-electron chi connectivity index (χ4n) is 2.52. The van der Waals surface area contributed by atoms with Crippen LogP contribution in [0.25, 0.3) is 0 Å². The molecule has 7 N–H and O–H groups in total. The molecule has 4 atom stereocenters. The molecule has 2 aromatic rings. The van der Waals surface area contributed by atoms with E-state index in [9.17, 15) is 20.4 Å². The van der Waals surface area contributed by atoms with E-state index in [0.29, 0.717) is 22.9 Å². The SMILES string of the molecule is CN(CC(O)C(O)C(O)C(O)CO)c1ccc(N)c(Oc2ccccc2)c1. The number of nitrogen functional groups attached to an aromatic ring is 1. The average Bonchev–Trinajstić information content (AvgIpc) is 2.68. The molecule has 4 unspecified atom stereocenters. The van der Waals surface area contributed by atoms with Crippen LogP contribution in [-0.2, 0) is 0 Å². The first kappa shape index (κ1) is 20.9. The van der Waals surface area contributed by atoms with Crippen molar-refractivity contribution in [1.29, 1.82) is 0 Å². The molecule has 2 rings (SSSR count). The summed E-state index contributed by atoms with van der Waals surface area (Å²) >= 11 is 0. The van der Waals surface area contributed by atoms with Crippen LogP contribution in [-0.4, -0.2) is 70.1 Å². The number of ether oxygens (including phenoxy) is 1. The molecule has 8 heteroatoms. The zero-order valence-corrected chi connectivity index (χ0v) is 15.0. The molecule has 0 radical (unpaired) electrons. The molecule has 0 spiro atoms. The minimum atomic E-state index is -1.67. The first-order valence-corrected chi connectivity index (χ1v) is 8.50. The largest absolute Gasteiger partial charge is 0.455 e. The van der Waals surface area contributed by atoms with Crippen molar-refractivity contribution >= 4 is 11.4 Å². The molecule has 0 aliphatic heterocycles. The van der Waals surface area contributed by atoms with Crippen molar-refractivity contribution in [2.24, 2.45) is 0 Å². The second-order valence-corrected chi connectivity index (χ2v) is 6.32. The van der Waals surface area contributed by atoms with Crippen molar-refractivity contribution in [3.8, 4) is 11.5 Å².